The third-order valence-corrected chi connectivity index (χ3v) is 5.69. The van der Waals surface area contributed by atoms with Crippen LogP contribution in [0.3, 0.4) is 0 Å². The Labute approximate surface area is 159 Å². The van der Waals surface area contributed by atoms with Crippen molar-refractivity contribution in [2.75, 3.05) is 39.4 Å². The number of morpholine rings is 1. The molecule has 1 aromatic heterocycles. The van der Waals surface area contributed by atoms with E-state index in [0.717, 1.165) is 75.1 Å². The molecule has 2 aromatic rings. The smallest absolute Gasteiger partial charge is 0.255 e. The van der Waals surface area contributed by atoms with Crippen molar-refractivity contribution in [1.29, 1.82) is 0 Å². The van der Waals surface area contributed by atoms with Gasteiger partial charge in [-0.3, -0.25) is 14.5 Å². The van der Waals surface area contributed by atoms with Crippen LogP contribution in [0, 0.1) is 6.92 Å². The highest BCUT2D eigenvalue weighted by Gasteiger charge is 2.30. The van der Waals surface area contributed by atoms with Crippen LogP contribution < -0.4 is 5.56 Å². The van der Waals surface area contributed by atoms with Crippen LogP contribution in [-0.4, -0.2) is 66.1 Å². The van der Waals surface area contributed by atoms with Gasteiger partial charge >= 0.3 is 0 Å². The van der Waals surface area contributed by atoms with Gasteiger partial charge in [-0.2, -0.15) is 0 Å². The average molecular weight is 369 g/mol. The van der Waals surface area contributed by atoms with Crippen molar-refractivity contribution in [1.82, 2.24) is 14.8 Å². The minimum absolute atomic E-state index is 0.0188. The monoisotopic (exact) mass is 369 g/mol. The molecule has 1 atom stereocenters. The van der Waals surface area contributed by atoms with Crippen molar-refractivity contribution >= 4 is 16.8 Å². The number of carbonyl (C=O) groups excluding carboxylic acids is 1. The third kappa shape index (κ3) is 3.92. The Hall–Kier alpha value is -2.18. The second kappa shape index (κ2) is 7.82. The van der Waals surface area contributed by atoms with E-state index in [2.05, 4.69) is 9.88 Å². The molecule has 2 aliphatic heterocycles. The van der Waals surface area contributed by atoms with E-state index in [0.29, 0.717) is 5.56 Å². The Bertz CT molecular complexity index is 886. The maximum absolute atomic E-state index is 13.5. The zero-order chi connectivity index (χ0) is 18.8. The van der Waals surface area contributed by atoms with Crippen molar-refractivity contribution < 1.29 is 9.53 Å². The average Bonchev–Trinajstić information content (AvgIpc) is 2.68. The van der Waals surface area contributed by atoms with Gasteiger partial charge in [0.2, 0.25) is 5.56 Å². The van der Waals surface area contributed by atoms with E-state index in [1.165, 1.54) is 6.07 Å². The first-order valence-corrected chi connectivity index (χ1v) is 9.86. The molecule has 27 heavy (non-hydrogen) atoms. The molecular weight excluding hydrogens is 342 g/mol. The van der Waals surface area contributed by atoms with Crippen LogP contribution in [0.25, 0.3) is 10.9 Å². The van der Waals surface area contributed by atoms with E-state index >= 15 is 0 Å². The summed E-state index contributed by atoms with van der Waals surface area (Å²) in [5.74, 6) is -0.0188. The van der Waals surface area contributed by atoms with Crippen molar-refractivity contribution in [3.63, 3.8) is 0 Å². The fraction of sp³-hybridized carbons (Fsp3) is 0.524. The summed E-state index contributed by atoms with van der Waals surface area (Å²) in [6.45, 7) is 7.01. The molecule has 0 radical (unpaired) electrons. The molecule has 144 valence electrons. The summed E-state index contributed by atoms with van der Waals surface area (Å²) in [5.41, 5.74) is 2.09. The first kappa shape index (κ1) is 18.2. The molecule has 2 aliphatic rings. The lowest BCUT2D eigenvalue weighted by atomic mass is 9.98. The number of hydrogen-bond donors (Lipinski definition) is 1. The normalized spacial score (nSPS) is 21.5. The van der Waals surface area contributed by atoms with E-state index in [1.54, 1.807) is 0 Å². The molecule has 6 heteroatoms. The minimum atomic E-state index is -0.226. The van der Waals surface area contributed by atoms with Gasteiger partial charge < -0.3 is 14.6 Å². The van der Waals surface area contributed by atoms with Crippen molar-refractivity contribution in [2.45, 2.75) is 32.2 Å². The number of H-pyrrole nitrogens is 1. The van der Waals surface area contributed by atoms with Crippen LogP contribution in [0.1, 0.15) is 35.2 Å². The fourth-order valence-corrected chi connectivity index (χ4v) is 4.24. The molecule has 0 spiro atoms. The van der Waals surface area contributed by atoms with Gasteiger partial charge in [0, 0.05) is 49.2 Å². The minimum Gasteiger partial charge on any atom is -0.379 e. The number of aromatic nitrogens is 1. The Morgan fingerprint density at radius 3 is 2.81 bits per heavy atom. The number of nitrogens with one attached hydrogen (secondary N) is 1. The summed E-state index contributed by atoms with van der Waals surface area (Å²) < 4.78 is 5.44. The number of amides is 1. The van der Waals surface area contributed by atoms with E-state index < -0.39 is 0 Å². The lowest BCUT2D eigenvalue weighted by Crippen LogP contribution is -2.51. The van der Waals surface area contributed by atoms with Gasteiger partial charge in [0.05, 0.1) is 18.8 Å². The number of carbonyl (C=O) groups is 1. The van der Waals surface area contributed by atoms with Gasteiger partial charge in [-0.1, -0.05) is 11.6 Å². The Morgan fingerprint density at radius 1 is 1.19 bits per heavy atom. The van der Waals surface area contributed by atoms with Crippen LogP contribution >= 0.6 is 0 Å². The highest BCUT2D eigenvalue weighted by molar-refractivity contribution is 6.06. The number of pyridine rings is 1. The SMILES string of the molecule is Cc1ccc2[nH]c(=O)cc(C(=O)N3CCCCC3CN3CCOCC3)c2c1. The fourth-order valence-electron chi connectivity index (χ4n) is 4.24. The maximum atomic E-state index is 13.5. The third-order valence-electron chi connectivity index (χ3n) is 5.69. The summed E-state index contributed by atoms with van der Waals surface area (Å²) in [5, 5.41) is 0.829. The maximum Gasteiger partial charge on any atom is 0.255 e. The second-order valence-corrected chi connectivity index (χ2v) is 7.66. The number of aryl methyl sites for hydroxylation is 1. The Kier molecular flexibility index (Phi) is 5.27. The van der Waals surface area contributed by atoms with Crippen LogP contribution in [0.4, 0.5) is 0 Å². The van der Waals surface area contributed by atoms with Gasteiger partial charge in [-0.25, -0.2) is 0 Å². The highest BCUT2D eigenvalue weighted by Crippen LogP contribution is 2.24. The Balaban J connectivity index is 1.64. The standard InChI is InChI=1S/C21H27N3O3/c1-15-5-6-19-17(12-15)18(13-20(25)22-19)21(26)24-7-3-2-4-16(24)14-23-8-10-27-11-9-23/h5-6,12-13,16H,2-4,7-11,14H2,1H3,(H,22,25). The molecular formula is C21H27N3O3. The van der Waals surface area contributed by atoms with E-state index in [9.17, 15) is 9.59 Å². The molecule has 4 rings (SSSR count). The molecule has 1 N–H and O–H groups in total. The largest absolute Gasteiger partial charge is 0.379 e. The van der Waals surface area contributed by atoms with Gasteiger partial charge in [0.1, 0.15) is 0 Å². The van der Waals surface area contributed by atoms with Crippen LogP contribution in [-0.2, 0) is 4.74 Å². The van der Waals surface area contributed by atoms with Gasteiger partial charge in [0.25, 0.3) is 5.91 Å². The number of nitrogens with zero attached hydrogens (tertiary/aromatic N) is 2. The van der Waals surface area contributed by atoms with E-state index in [4.69, 9.17) is 4.74 Å². The molecule has 2 fully saturated rings. The van der Waals surface area contributed by atoms with E-state index in [-0.39, 0.29) is 17.5 Å². The van der Waals surface area contributed by atoms with Crippen LogP contribution in [0.2, 0.25) is 0 Å². The number of benzene rings is 1. The summed E-state index contributed by atoms with van der Waals surface area (Å²) in [7, 11) is 0. The number of aromatic amines is 1. The number of hydrogen-bond acceptors (Lipinski definition) is 4. The molecule has 0 saturated carbocycles. The lowest BCUT2D eigenvalue weighted by molar-refractivity contribution is 0.0166. The van der Waals surface area contributed by atoms with Crippen molar-refractivity contribution in [2.24, 2.45) is 0 Å². The molecule has 3 heterocycles. The number of rotatable bonds is 3. The molecule has 6 nitrogen and oxygen atoms in total. The zero-order valence-corrected chi connectivity index (χ0v) is 15.9. The first-order valence-electron chi connectivity index (χ1n) is 9.86. The second-order valence-electron chi connectivity index (χ2n) is 7.66. The molecule has 1 unspecified atom stereocenters. The van der Waals surface area contributed by atoms with Gasteiger partial charge in [0.15, 0.2) is 0 Å². The van der Waals surface area contributed by atoms with Crippen LogP contribution in [0.15, 0.2) is 29.1 Å². The molecule has 0 bridgehead atoms. The topological polar surface area (TPSA) is 65.6 Å². The predicted molar refractivity (Wildman–Crippen MR) is 105 cm³/mol. The summed E-state index contributed by atoms with van der Waals surface area (Å²) in [4.78, 5) is 32.8. The number of ether oxygens (including phenoxy) is 1. The highest BCUT2D eigenvalue weighted by atomic mass is 16.5. The van der Waals surface area contributed by atoms with Crippen molar-refractivity contribution in [3.05, 3.63) is 45.7 Å². The predicted octanol–water partition coefficient (Wildman–Crippen LogP) is 2.16. The summed E-state index contributed by atoms with van der Waals surface area (Å²) in [6, 6.07) is 7.48. The lowest BCUT2D eigenvalue weighted by Gasteiger charge is -2.39. The van der Waals surface area contributed by atoms with E-state index in [1.807, 2.05) is 30.0 Å². The number of fused-ring (bicyclic) bond motifs is 1. The Morgan fingerprint density at radius 2 is 2.00 bits per heavy atom. The zero-order valence-electron chi connectivity index (χ0n) is 15.9. The molecule has 2 saturated heterocycles. The van der Waals surface area contributed by atoms with Gasteiger partial charge in [-0.05, 0) is 38.3 Å². The van der Waals surface area contributed by atoms with Crippen molar-refractivity contribution in [3.8, 4) is 0 Å². The number of likely N-dealkylation sites (tertiary alicyclic amines) is 1. The quantitative estimate of drug-likeness (QED) is 0.900. The van der Waals surface area contributed by atoms with Gasteiger partial charge in [-0.15, -0.1) is 0 Å². The van der Waals surface area contributed by atoms with Crippen LogP contribution in [0.5, 0.6) is 0 Å². The summed E-state index contributed by atoms with van der Waals surface area (Å²) >= 11 is 0. The molecule has 0 aliphatic carbocycles. The molecule has 1 aromatic carbocycles. The number of piperidine rings is 1. The summed E-state index contributed by atoms with van der Waals surface area (Å²) in [6.07, 6.45) is 3.18. The first-order chi connectivity index (χ1) is 13.1. The molecule has 1 amide bonds.